The van der Waals surface area contributed by atoms with Crippen molar-refractivity contribution >= 4 is 0 Å². The molecule has 114 valence electrons. The molecule has 0 aromatic carbocycles. The van der Waals surface area contributed by atoms with Crippen LogP contribution in [-0.4, -0.2) is 6.54 Å². The van der Waals surface area contributed by atoms with Gasteiger partial charge in [0.2, 0.25) is 0 Å². The fraction of sp³-hybridized carbons (Fsp3) is 1.00. The largest absolute Gasteiger partial charge is 0.330 e. The maximum atomic E-state index is 6.31. The van der Waals surface area contributed by atoms with Gasteiger partial charge in [-0.15, -0.1) is 0 Å². The summed E-state index contributed by atoms with van der Waals surface area (Å²) in [5.41, 5.74) is 7.57. The predicted octanol–water partition coefficient (Wildman–Crippen LogP) is 4.75. The minimum Gasteiger partial charge on any atom is -0.330 e. The average Bonchev–Trinajstić information content (AvgIpc) is 2.40. The van der Waals surface area contributed by atoms with Gasteiger partial charge in [-0.2, -0.15) is 0 Å². The van der Waals surface area contributed by atoms with E-state index in [-0.39, 0.29) is 0 Å². The van der Waals surface area contributed by atoms with Gasteiger partial charge in [-0.1, -0.05) is 19.8 Å². The molecule has 0 saturated heterocycles. The molecule has 1 nitrogen and oxygen atoms in total. The molecular formula is C19H33N. The van der Waals surface area contributed by atoms with Crippen molar-refractivity contribution in [3.8, 4) is 0 Å². The second kappa shape index (κ2) is 4.73. The van der Waals surface area contributed by atoms with Gasteiger partial charge < -0.3 is 5.73 Å². The molecule has 0 radical (unpaired) electrons. The Hall–Kier alpha value is -0.0400. The zero-order chi connectivity index (χ0) is 13.8. The lowest BCUT2D eigenvalue weighted by molar-refractivity contribution is -0.0838. The van der Waals surface area contributed by atoms with Crippen LogP contribution in [0.4, 0.5) is 0 Å². The van der Waals surface area contributed by atoms with Crippen molar-refractivity contribution in [3.05, 3.63) is 0 Å². The van der Waals surface area contributed by atoms with Crippen molar-refractivity contribution in [2.45, 2.75) is 77.6 Å². The summed E-state index contributed by atoms with van der Waals surface area (Å²) in [6, 6.07) is 0. The van der Waals surface area contributed by atoms with Crippen LogP contribution in [0.15, 0.2) is 0 Å². The lowest BCUT2D eigenvalue weighted by atomic mass is 9.46. The third kappa shape index (κ3) is 2.25. The Bertz CT molecular complexity index is 329. The molecule has 0 spiro atoms. The van der Waals surface area contributed by atoms with Crippen molar-refractivity contribution in [2.24, 2.45) is 40.2 Å². The van der Waals surface area contributed by atoms with Gasteiger partial charge in [0.25, 0.3) is 0 Å². The van der Waals surface area contributed by atoms with Crippen LogP contribution in [0.5, 0.6) is 0 Å². The summed E-state index contributed by atoms with van der Waals surface area (Å²) in [5, 5.41) is 0. The summed E-state index contributed by atoms with van der Waals surface area (Å²) in [4.78, 5) is 0. The van der Waals surface area contributed by atoms with Crippen molar-refractivity contribution < 1.29 is 0 Å². The first-order chi connectivity index (χ1) is 9.60. The number of nitrogens with two attached hydrogens (primary N) is 1. The summed E-state index contributed by atoms with van der Waals surface area (Å²) < 4.78 is 0. The summed E-state index contributed by atoms with van der Waals surface area (Å²) >= 11 is 0. The monoisotopic (exact) mass is 275 g/mol. The second-order valence-electron chi connectivity index (χ2n) is 9.48. The molecule has 0 amide bonds. The first kappa shape index (κ1) is 13.6. The molecule has 0 unspecified atom stereocenters. The molecule has 0 aliphatic heterocycles. The van der Waals surface area contributed by atoms with Crippen LogP contribution in [0.25, 0.3) is 0 Å². The normalized spacial score (nSPS) is 54.3. The molecule has 5 aliphatic rings. The zero-order valence-corrected chi connectivity index (χ0v) is 13.4. The highest BCUT2D eigenvalue weighted by Gasteiger charge is 2.53. The fourth-order valence-corrected chi connectivity index (χ4v) is 7.13. The Morgan fingerprint density at radius 2 is 1.40 bits per heavy atom. The van der Waals surface area contributed by atoms with Gasteiger partial charge in [0.05, 0.1) is 0 Å². The maximum absolute atomic E-state index is 6.31. The molecule has 5 aliphatic carbocycles. The van der Waals surface area contributed by atoms with Crippen LogP contribution < -0.4 is 5.73 Å². The number of hydrogen-bond donors (Lipinski definition) is 1. The molecule has 1 heteroatoms. The molecule has 0 heterocycles. The van der Waals surface area contributed by atoms with E-state index in [1.54, 1.807) is 38.5 Å². The van der Waals surface area contributed by atoms with Crippen molar-refractivity contribution in [2.75, 3.05) is 6.54 Å². The van der Waals surface area contributed by atoms with Gasteiger partial charge in [-0.05, 0) is 98.8 Å². The first-order valence-electron chi connectivity index (χ1n) is 9.30. The third-order valence-electron chi connectivity index (χ3n) is 7.68. The highest BCUT2D eigenvalue weighted by atomic mass is 14.6. The van der Waals surface area contributed by atoms with Crippen LogP contribution >= 0.6 is 0 Å². The van der Waals surface area contributed by atoms with Gasteiger partial charge >= 0.3 is 0 Å². The smallest absolute Gasteiger partial charge is 0.00203 e. The number of hydrogen-bond acceptors (Lipinski definition) is 1. The average molecular weight is 275 g/mol. The van der Waals surface area contributed by atoms with E-state index >= 15 is 0 Å². The van der Waals surface area contributed by atoms with Crippen molar-refractivity contribution in [1.29, 1.82) is 0 Å². The van der Waals surface area contributed by atoms with E-state index in [1.165, 1.54) is 32.1 Å². The molecule has 20 heavy (non-hydrogen) atoms. The Labute approximate surface area is 125 Å². The Morgan fingerprint density at radius 1 is 0.900 bits per heavy atom. The maximum Gasteiger partial charge on any atom is -0.00203 e. The molecule has 0 aromatic rings. The van der Waals surface area contributed by atoms with Crippen LogP contribution in [0.1, 0.15) is 77.6 Å². The van der Waals surface area contributed by atoms with E-state index in [1.807, 2.05) is 0 Å². The second-order valence-corrected chi connectivity index (χ2v) is 9.48. The minimum atomic E-state index is 0.526. The van der Waals surface area contributed by atoms with Gasteiger partial charge in [0.1, 0.15) is 0 Å². The molecule has 5 rings (SSSR count). The van der Waals surface area contributed by atoms with E-state index in [4.69, 9.17) is 5.73 Å². The quantitative estimate of drug-likeness (QED) is 0.790. The molecule has 5 saturated carbocycles. The molecule has 4 bridgehead atoms. The van der Waals surface area contributed by atoms with Gasteiger partial charge in [0, 0.05) is 0 Å². The summed E-state index contributed by atoms with van der Waals surface area (Å²) in [5.74, 6) is 4.24. The standard InChI is InChI=1S/C19H33N/c1-14-2-4-18(13-20,5-3-14)12-19-9-15-6-16(10-19)8-17(7-15)11-19/h14-17H,2-13,20H2,1H3. The summed E-state index contributed by atoms with van der Waals surface area (Å²) in [6.45, 7) is 3.40. The highest BCUT2D eigenvalue weighted by molar-refractivity contribution is 5.04. The van der Waals surface area contributed by atoms with E-state index in [2.05, 4.69) is 6.92 Å². The predicted molar refractivity (Wildman–Crippen MR) is 84.3 cm³/mol. The van der Waals surface area contributed by atoms with Crippen molar-refractivity contribution in [3.63, 3.8) is 0 Å². The zero-order valence-electron chi connectivity index (χ0n) is 13.4. The molecule has 0 atom stereocenters. The minimum absolute atomic E-state index is 0.526. The van der Waals surface area contributed by atoms with Crippen LogP contribution in [-0.2, 0) is 0 Å². The fourth-order valence-electron chi connectivity index (χ4n) is 7.13. The van der Waals surface area contributed by atoms with E-state index in [0.717, 1.165) is 35.6 Å². The summed E-state index contributed by atoms with van der Waals surface area (Å²) in [7, 11) is 0. The van der Waals surface area contributed by atoms with Crippen LogP contribution in [0.3, 0.4) is 0 Å². The van der Waals surface area contributed by atoms with Gasteiger partial charge in [0.15, 0.2) is 0 Å². The van der Waals surface area contributed by atoms with Crippen LogP contribution in [0, 0.1) is 34.5 Å². The third-order valence-corrected chi connectivity index (χ3v) is 7.68. The molecule has 0 aromatic heterocycles. The Balaban J connectivity index is 1.52. The lowest BCUT2D eigenvalue weighted by Crippen LogP contribution is -2.50. The molecule has 5 fully saturated rings. The Kier molecular flexibility index (Phi) is 3.22. The van der Waals surface area contributed by atoms with Gasteiger partial charge in [-0.3, -0.25) is 0 Å². The van der Waals surface area contributed by atoms with E-state index in [9.17, 15) is 0 Å². The summed E-state index contributed by atoms with van der Waals surface area (Å²) in [6.07, 6.45) is 16.6. The molecule has 2 N–H and O–H groups in total. The topological polar surface area (TPSA) is 26.0 Å². The highest BCUT2D eigenvalue weighted by Crippen LogP contribution is 2.64. The van der Waals surface area contributed by atoms with E-state index < -0.39 is 0 Å². The number of rotatable bonds is 3. The Morgan fingerprint density at radius 3 is 1.85 bits per heavy atom. The SMILES string of the molecule is CC1CCC(CN)(CC23CC4CC(CC(C4)C2)C3)CC1. The first-order valence-corrected chi connectivity index (χ1v) is 9.30. The van der Waals surface area contributed by atoms with Crippen LogP contribution in [0.2, 0.25) is 0 Å². The van der Waals surface area contributed by atoms with Crippen molar-refractivity contribution in [1.82, 2.24) is 0 Å². The van der Waals surface area contributed by atoms with Gasteiger partial charge in [-0.25, -0.2) is 0 Å². The van der Waals surface area contributed by atoms with E-state index in [0.29, 0.717) is 5.41 Å². The molecular weight excluding hydrogens is 242 g/mol. The lowest BCUT2D eigenvalue weighted by Gasteiger charge is -2.59.